The summed E-state index contributed by atoms with van der Waals surface area (Å²) in [4.78, 5) is 4.53. The summed E-state index contributed by atoms with van der Waals surface area (Å²) in [6.07, 6.45) is 6.99. The van der Waals surface area contributed by atoms with E-state index in [2.05, 4.69) is 24.0 Å². The van der Waals surface area contributed by atoms with E-state index >= 15 is 0 Å². The third kappa shape index (κ3) is 1.70. The van der Waals surface area contributed by atoms with Crippen molar-refractivity contribution in [2.24, 2.45) is 16.7 Å². The van der Waals surface area contributed by atoms with Gasteiger partial charge in [0.25, 0.3) is 5.89 Å². The van der Waals surface area contributed by atoms with E-state index in [1.165, 1.54) is 38.5 Å². The molecule has 5 rings (SSSR count). The molecule has 1 aromatic heterocycles. The Morgan fingerprint density at radius 2 is 1.80 bits per heavy atom. The Kier molecular flexibility index (Phi) is 2.34. The summed E-state index contributed by atoms with van der Waals surface area (Å²) < 4.78 is 5.27. The zero-order valence-electron chi connectivity index (χ0n) is 12.6. The molecule has 4 bridgehead atoms. The molecule has 0 saturated heterocycles. The Labute approximate surface area is 120 Å². The molecule has 20 heavy (non-hydrogen) atoms. The van der Waals surface area contributed by atoms with Gasteiger partial charge in [-0.2, -0.15) is 4.98 Å². The maximum atomic E-state index is 9.62. The summed E-state index contributed by atoms with van der Waals surface area (Å²) in [5.74, 6) is 2.04. The smallest absolute Gasteiger partial charge is 0.255 e. The first-order valence-corrected chi connectivity index (χ1v) is 7.84. The molecule has 1 aromatic rings. The number of aromatic nitrogens is 2. The van der Waals surface area contributed by atoms with Gasteiger partial charge in [0.05, 0.1) is 0 Å². The van der Waals surface area contributed by atoms with Gasteiger partial charge in [-0.15, -0.1) is 0 Å². The Hall–Kier alpha value is -0.900. The predicted octanol–water partition coefficient (Wildman–Crippen LogP) is 3.37. The van der Waals surface area contributed by atoms with Crippen LogP contribution in [0.3, 0.4) is 0 Å². The number of aliphatic hydroxyl groups is 1. The molecule has 1 heterocycles. The van der Waals surface area contributed by atoms with Crippen LogP contribution in [-0.2, 0) is 5.41 Å². The van der Waals surface area contributed by atoms with Gasteiger partial charge >= 0.3 is 0 Å². The molecule has 4 saturated carbocycles. The number of hydrogen-bond donors (Lipinski definition) is 1. The maximum absolute atomic E-state index is 9.62. The average molecular weight is 276 g/mol. The summed E-state index contributed by atoms with van der Waals surface area (Å²) in [6.45, 7) is 6.57. The first kappa shape index (κ1) is 12.8. The van der Waals surface area contributed by atoms with Gasteiger partial charge in [0, 0.05) is 5.41 Å². The van der Waals surface area contributed by atoms with Gasteiger partial charge < -0.3 is 9.63 Å². The first-order chi connectivity index (χ1) is 9.32. The number of rotatable bonds is 2. The molecular weight excluding hydrogens is 252 g/mol. The van der Waals surface area contributed by atoms with Crippen molar-refractivity contribution in [2.45, 2.75) is 70.8 Å². The summed E-state index contributed by atoms with van der Waals surface area (Å²) in [5.41, 5.74) is 0.985. The Morgan fingerprint density at radius 3 is 2.30 bits per heavy atom. The van der Waals surface area contributed by atoms with Crippen LogP contribution in [0, 0.1) is 16.7 Å². The minimum atomic E-state index is -0.670. The monoisotopic (exact) mass is 276 g/mol. The number of aliphatic hydroxyl groups excluding tert-OH is 1. The van der Waals surface area contributed by atoms with E-state index in [1.54, 1.807) is 6.92 Å². The molecule has 4 aliphatic rings. The predicted molar refractivity (Wildman–Crippen MR) is 74.0 cm³/mol. The van der Waals surface area contributed by atoms with Crippen molar-refractivity contribution < 1.29 is 9.63 Å². The van der Waals surface area contributed by atoms with E-state index in [-0.39, 0.29) is 5.41 Å². The fraction of sp³-hybridized carbons (Fsp3) is 0.875. The minimum Gasteiger partial charge on any atom is -0.384 e. The molecule has 0 spiro atoms. The highest BCUT2D eigenvalue weighted by atomic mass is 16.5. The zero-order chi connectivity index (χ0) is 14.2. The number of hydrogen-bond acceptors (Lipinski definition) is 4. The fourth-order valence-corrected chi connectivity index (χ4v) is 6.32. The van der Waals surface area contributed by atoms with Crippen LogP contribution in [0.5, 0.6) is 0 Å². The van der Waals surface area contributed by atoms with Crippen LogP contribution in [-0.4, -0.2) is 15.2 Å². The summed E-state index contributed by atoms with van der Waals surface area (Å²) in [6, 6.07) is 0. The second-order valence-electron chi connectivity index (χ2n) is 8.54. The highest BCUT2D eigenvalue weighted by Gasteiger charge is 2.62. The van der Waals surface area contributed by atoms with Crippen molar-refractivity contribution >= 4 is 0 Å². The SMILES string of the molecule is C[C@H](O)c1nc(C23CC4CC(C)(CC(C)(C4)C2)C3)no1. The van der Waals surface area contributed by atoms with Crippen molar-refractivity contribution in [3.8, 4) is 0 Å². The summed E-state index contributed by atoms with van der Waals surface area (Å²) >= 11 is 0. The van der Waals surface area contributed by atoms with Crippen LogP contribution < -0.4 is 0 Å². The molecule has 4 fully saturated rings. The lowest BCUT2D eigenvalue weighted by molar-refractivity contribution is -0.113. The standard InChI is InChI=1S/C16H24N2O2/c1-10(19)12-17-13(18-20-12)16-6-11-4-14(2,8-16)7-15(3,5-11)9-16/h10-11,19H,4-9H2,1-3H3/t10-,11?,14?,15?,16?/m0/s1. The lowest BCUT2D eigenvalue weighted by atomic mass is 9.40. The van der Waals surface area contributed by atoms with Gasteiger partial charge in [0.15, 0.2) is 5.82 Å². The van der Waals surface area contributed by atoms with Crippen molar-refractivity contribution in [3.05, 3.63) is 11.7 Å². The largest absolute Gasteiger partial charge is 0.384 e. The van der Waals surface area contributed by atoms with Crippen LogP contribution in [0.1, 0.15) is 77.1 Å². The second kappa shape index (κ2) is 3.65. The van der Waals surface area contributed by atoms with Gasteiger partial charge in [0.1, 0.15) is 6.10 Å². The van der Waals surface area contributed by atoms with E-state index in [4.69, 9.17) is 4.52 Å². The lowest BCUT2D eigenvalue weighted by Crippen LogP contribution is -2.57. The van der Waals surface area contributed by atoms with Crippen LogP contribution in [0.4, 0.5) is 0 Å². The van der Waals surface area contributed by atoms with Crippen LogP contribution in [0.2, 0.25) is 0 Å². The quantitative estimate of drug-likeness (QED) is 0.899. The normalized spacial score (nSPS) is 47.7. The van der Waals surface area contributed by atoms with Gasteiger partial charge in [0.2, 0.25) is 0 Å². The third-order valence-electron chi connectivity index (χ3n) is 5.90. The molecule has 0 amide bonds. The average Bonchev–Trinajstić information content (AvgIpc) is 2.72. The topological polar surface area (TPSA) is 59.2 Å². The van der Waals surface area contributed by atoms with Gasteiger partial charge in [-0.1, -0.05) is 19.0 Å². The highest BCUT2D eigenvalue weighted by Crippen LogP contribution is 2.69. The van der Waals surface area contributed by atoms with Crippen LogP contribution in [0.15, 0.2) is 4.52 Å². The van der Waals surface area contributed by atoms with Crippen molar-refractivity contribution in [1.29, 1.82) is 0 Å². The van der Waals surface area contributed by atoms with E-state index in [0.717, 1.165) is 11.7 Å². The number of nitrogens with zero attached hydrogens (tertiary/aromatic N) is 2. The molecule has 3 atom stereocenters. The minimum absolute atomic E-state index is 0.0968. The van der Waals surface area contributed by atoms with E-state index < -0.39 is 6.10 Å². The zero-order valence-corrected chi connectivity index (χ0v) is 12.6. The molecule has 0 aliphatic heterocycles. The van der Waals surface area contributed by atoms with E-state index in [0.29, 0.717) is 16.7 Å². The Balaban J connectivity index is 1.76. The molecule has 2 unspecified atom stereocenters. The molecule has 4 heteroatoms. The van der Waals surface area contributed by atoms with Crippen molar-refractivity contribution in [3.63, 3.8) is 0 Å². The maximum Gasteiger partial charge on any atom is 0.255 e. The van der Waals surface area contributed by atoms with Crippen molar-refractivity contribution in [2.75, 3.05) is 0 Å². The van der Waals surface area contributed by atoms with Gasteiger partial charge in [-0.3, -0.25) is 0 Å². The molecule has 4 nitrogen and oxygen atoms in total. The second-order valence-corrected chi connectivity index (χ2v) is 8.54. The van der Waals surface area contributed by atoms with Crippen LogP contribution >= 0.6 is 0 Å². The Bertz CT molecular complexity index is 532. The molecule has 0 radical (unpaired) electrons. The summed E-state index contributed by atoms with van der Waals surface area (Å²) in [7, 11) is 0. The van der Waals surface area contributed by atoms with E-state index in [9.17, 15) is 5.11 Å². The Morgan fingerprint density at radius 1 is 1.15 bits per heavy atom. The molecule has 4 aliphatic carbocycles. The van der Waals surface area contributed by atoms with E-state index in [1.807, 2.05) is 0 Å². The lowest BCUT2D eigenvalue weighted by Gasteiger charge is -2.64. The molecule has 1 N–H and O–H groups in total. The van der Waals surface area contributed by atoms with Crippen LogP contribution in [0.25, 0.3) is 0 Å². The molecule has 0 aromatic carbocycles. The molecular formula is C16H24N2O2. The fourth-order valence-electron chi connectivity index (χ4n) is 6.32. The molecule has 110 valence electrons. The van der Waals surface area contributed by atoms with Gasteiger partial charge in [-0.25, -0.2) is 0 Å². The highest BCUT2D eigenvalue weighted by molar-refractivity contribution is 5.21. The first-order valence-electron chi connectivity index (χ1n) is 7.84. The summed E-state index contributed by atoms with van der Waals surface area (Å²) in [5, 5.41) is 13.9. The van der Waals surface area contributed by atoms with Gasteiger partial charge in [-0.05, 0) is 62.2 Å². The third-order valence-corrected chi connectivity index (χ3v) is 5.90. The van der Waals surface area contributed by atoms with Crippen molar-refractivity contribution in [1.82, 2.24) is 10.1 Å².